The maximum Gasteiger partial charge on any atom is 0.323 e. The standard InChI is InChI=1S/C12H17N3O4/c1-8(6-10-13-3-4-14-10)19-9-2-5-15(12(9)18)7-11(16)17/h3-4,8-9H,2,5-7H2,1H3,(H,13,14)(H,16,17). The van der Waals surface area contributed by atoms with Gasteiger partial charge in [0.2, 0.25) is 0 Å². The number of aliphatic carboxylic acids is 1. The lowest BCUT2D eigenvalue weighted by Gasteiger charge is -2.17. The summed E-state index contributed by atoms with van der Waals surface area (Å²) in [5, 5.41) is 8.68. The Bertz CT molecular complexity index is 446. The highest BCUT2D eigenvalue weighted by molar-refractivity contribution is 5.86. The number of hydrogen-bond acceptors (Lipinski definition) is 4. The summed E-state index contributed by atoms with van der Waals surface area (Å²) in [4.78, 5) is 30.9. The fourth-order valence-electron chi connectivity index (χ4n) is 2.17. The average Bonchev–Trinajstić information content (AvgIpc) is 2.93. The van der Waals surface area contributed by atoms with Gasteiger partial charge >= 0.3 is 5.97 Å². The topological polar surface area (TPSA) is 95.5 Å². The number of aromatic nitrogens is 2. The van der Waals surface area contributed by atoms with Crippen LogP contribution in [-0.2, 0) is 20.7 Å². The maximum absolute atomic E-state index is 11.9. The summed E-state index contributed by atoms with van der Waals surface area (Å²) >= 11 is 0. The molecule has 19 heavy (non-hydrogen) atoms. The van der Waals surface area contributed by atoms with E-state index in [2.05, 4.69) is 9.97 Å². The van der Waals surface area contributed by atoms with Crippen LogP contribution < -0.4 is 0 Å². The first-order chi connectivity index (χ1) is 9.06. The van der Waals surface area contributed by atoms with Crippen molar-refractivity contribution in [1.82, 2.24) is 14.9 Å². The first-order valence-corrected chi connectivity index (χ1v) is 6.20. The second-order valence-corrected chi connectivity index (χ2v) is 4.62. The molecule has 2 unspecified atom stereocenters. The first-order valence-electron chi connectivity index (χ1n) is 6.20. The van der Waals surface area contributed by atoms with Gasteiger partial charge < -0.3 is 19.7 Å². The molecule has 7 heteroatoms. The van der Waals surface area contributed by atoms with Crippen LogP contribution in [0.5, 0.6) is 0 Å². The SMILES string of the molecule is CC(Cc1ncc[nH]1)OC1CCN(CC(=O)O)C1=O. The Morgan fingerprint density at radius 2 is 2.53 bits per heavy atom. The fraction of sp³-hybridized carbons (Fsp3) is 0.583. The first kappa shape index (κ1) is 13.5. The van der Waals surface area contributed by atoms with Gasteiger partial charge in [0, 0.05) is 31.8 Å². The van der Waals surface area contributed by atoms with Crippen molar-refractivity contribution in [3.63, 3.8) is 0 Å². The molecule has 104 valence electrons. The zero-order valence-corrected chi connectivity index (χ0v) is 10.7. The van der Waals surface area contributed by atoms with Crippen LogP contribution in [0.2, 0.25) is 0 Å². The summed E-state index contributed by atoms with van der Waals surface area (Å²) in [6.07, 6.45) is 3.84. The fourth-order valence-corrected chi connectivity index (χ4v) is 2.17. The zero-order valence-electron chi connectivity index (χ0n) is 10.7. The van der Waals surface area contributed by atoms with E-state index >= 15 is 0 Å². The predicted molar refractivity (Wildman–Crippen MR) is 65.5 cm³/mol. The molecule has 1 aromatic heterocycles. The summed E-state index contributed by atoms with van der Waals surface area (Å²) in [5.74, 6) is -0.438. The number of nitrogens with one attached hydrogen (secondary N) is 1. The van der Waals surface area contributed by atoms with Crippen LogP contribution in [-0.4, -0.2) is 57.1 Å². The monoisotopic (exact) mass is 267 g/mol. The minimum absolute atomic E-state index is 0.148. The summed E-state index contributed by atoms with van der Waals surface area (Å²) < 4.78 is 5.66. The van der Waals surface area contributed by atoms with Crippen LogP contribution in [0.15, 0.2) is 12.4 Å². The average molecular weight is 267 g/mol. The predicted octanol–water partition coefficient (Wildman–Crippen LogP) is 0.0428. The van der Waals surface area contributed by atoms with Gasteiger partial charge in [-0.1, -0.05) is 0 Å². The number of carboxylic acid groups (broad SMARTS) is 1. The van der Waals surface area contributed by atoms with Crippen molar-refractivity contribution >= 4 is 11.9 Å². The maximum atomic E-state index is 11.9. The number of rotatable bonds is 6. The van der Waals surface area contributed by atoms with Gasteiger partial charge in [0.15, 0.2) is 0 Å². The zero-order chi connectivity index (χ0) is 13.8. The van der Waals surface area contributed by atoms with E-state index in [-0.39, 0.29) is 18.6 Å². The number of nitrogens with zero attached hydrogens (tertiary/aromatic N) is 2. The van der Waals surface area contributed by atoms with E-state index in [9.17, 15) is 9.59 Å². The molecule has 1 aromatic rings. The van der Waals surface area contributed by atoms with Gasteiger partial charge in [0.1, 0.15) is 18.5 Å². The van der Waals surface area contributed by atoms with E-state index in [4.69, 9.17) is 9.84 Å². The van der Waals surface area contributed by atoms with Crippen LogP contribution in [0.3, 0.4) is 0 Å². The molecule has 7 nitrogen and oxygen atoms in total. The number of carbonyl (C=O) groups excluding carboxylic acids is 1. The molecule has 2 N–H and O–H groups in total. The van der Waals surface area contributed by atoms with Crippen LogP contribution in [0.25, 0.3) is 0 Å². The molecule has 0 spiro atoms. The molecule has 1 amide bonds. The molecule has 0 radical (unpaired) electrons. The lowest BCUT2D eigenvalue weighted by atomic mass is 10.2. The van der Waals surface area contributed by atoms with Crippen molar-refractivity contribution < 1.29 is 19.4 Å². The highest BCUT2D eigenvalue weighted by Crippen LogP contribution is 2.17. The Kier molecular flexibility index (Phi) is 4.16. The number of ether oxygens (including phenoxy) is 1. The Balaban J connectivity index is 1.83. The minimum atomic E-state index is -1.00. The summed E-state index contributed by atoms with van der Waals surface area (Å²) in [6, 6.07) is 0. The van der Waals surface area contributed by atoms with Crippen molar-refractivity contribution in [3.8, 4) is 0 Å². The smallest absolute Gasteiger partial charge is 0.323 e. The van der Waals surface area contributed by atoms with E-state index in [1.807, 2.05) is 6.92 Å². The van der Waals surface area contributed by atoms with Gasteiger partial charge in [0.05, 0.1) is 6.10 Å². The molecule has 0 saturated carbocycles. The van der Waals surface area contributed by atoms with Gasteiger partial charge in [-0.15, -0.1) is 0 Å². The number of likely N-dealkylation sites (tertiary alicyclic amines) is 1. The van der Waals surface area contributed by atoms with Gasteiger partial charge in [0.25, 0.3) is 5.91 Å². The summed E-state index contributed by atoms with van der Waals surface area (Å²) in [7, 11) is 0. The molecule has 2 atom stereocenters. The molecule has 0 aromatic carbocycles. The normalized spacial score (nSPS) is 20.8. The van der Waals surface area contributed by atoms with Crippen molar-refractivity contribution in [3.05, 3.63) is 18.2 Å². The van der Waals surface area contributed by atoms with E-state index in [1.165, 1.54) is 4.90 Å². The van der Waals surface area contributed by atoms with E-state index in [1.54, 1.807) is 12.4 Å². The third kappa shape index (κ3) is 3.54. The molecule has 0 aliphatic carbocycles. The highest BCUT2D eigenvalue weighted by Gasteiger charge is 2.34. The Morgan fingerprint density at radius 3 is 3.16 bits per heavy atom. The van der Waals surface area contributed by atoms with Crippen molar-refractivity contribution in [2.45, 2.75) is 32.0 Å². The summed E-state index contributed by atoms with van der Waals surface area (Å²) in [6.45, 7) is 2.05. The van der Waals surface area contributed by atoms with Gasteiger partial charge in [-0.3, -0.25) is 9.59 Å². The molecule has 0 bridgehead atoms. The Labute approximate surface area is 110 Å². The molecule has 2 heterocycles. The number of hydrogen-bond donors (Lipinski definition) is 2. The second kappa shape index (κ2) is 5.83. The van der Waals surface area contributed by atoms with Crippen LogP contribution in [0.4, 0.5) is 0 Å². The Hall–Kier alpha value is -1.89. The molecular formula is C12H17N3O4. The third-order valence-electron chi connectivity index (χ3n) is 3.01. The second-order valence-electron chi connectivity index (χ2n) is 4.62. The molecule has 1 aliphatic rings. The number of carbonyl (C=O) groups is 2. The minimum Gasteiger partial charge on any atom is -0.480 e. The van der Waals surface area contributed by atoms with Crippen molar-refractivity contribution in [1.29, 1.82) is 0 Å². The van der Waals surface area contributed by atoms with E-state index < -0.39 is 12.1 Å². The lowest BCUT2D eigenvalue weighted by molar-refractivity contribution is -0.147. The van der Waals surface area contributed by atoms with Gasteiger partial charge in [-0.25, -0.2) is 4.98 Å². The number of H-pyrrole nitrogens is 1. The van der Waals surface area contributed by atoms with Gasteiger partial charge in [-0.05, 0) is 6.92 Å². The largest absolute Gasteiger partial charge is 0.480 e. The lowest BCUT2D eigenvalue weighted by Crippen LogP contribution is -2.36. The third-order valence-corrected chi connectivity index (χ3v) is 3.01. The van der Waals surface area contributed by atoms with E-state index in [0.717, 1.165) is 5.82 Å². The summed E-state index contributed by atoms with van der Waals surface area (Å²) in [5.41, 5.74) is 0. The molecule has 2 rings (SSSR count). The quantitative estimate of drug-likeness (QED) is 0.759. The molecule has 1 fully saturated rings. The number of imidazole rings is 1. The number of carboxylic acids is 1. The molecular weight excluding hydrogens is 250 g/mol. The number of amides is 1. The van der Waals surface area contributed by atoms with E-state index in [0.29, 0.717) is 19.4 Å². The highest BCUT2D eigenvalue weighted by atomic mass is 16.5. The molecule has 1 saturated heterocycles. The number of aromatic amines is 1. The molecule has 1 aliphatic heterocycles. The van der Waals surface area contributed by atoms with Crippen LogP contribution in [0, 0.1) is 0 Å². The van der Waals surface area contributed by atoms with Crippen LogP contribution in [0.1, 0.15) is 19.2 Å². The van der Waals surface area contributed by atoms with Gasteiger partial charge in [-0.2, -0.15) is 0 Å². The van der Waals surface area contributed by atoms with Crippen molar-refractivity contribution in [2.24, 2.45) is 0 Å². The van der Waals surface area contributed by atoms with Crippen molar-refractivity contribution in [2.75, 3.05) is 13.1 Å². The Morgan fingerprint density at radius 1 is 1.74 bits per heavy atom. The van der Waals surface area contributed by atoms with Crippen LogP contribution >= 0.6 is 0 Å².